The van der Waals surface area contributed by atoms with Crippen LogP contribution in [0.4, 0.5) is 0 Å². The number of nitrogens with two attached hydrogens (primary N) is 2. The Labute approximate surface area is 54.6 Å². The predicted octanol–water partition coefficient (Wildman–Crippen LogP) is -1.59. The molecule has 0 aliphatic rings. The van der Waals surface area contributed by atoms with Crippen LogP contribution in [0.15, 0.2) is 0 Å². The summed E-state index contributed by atoms with van der Waals surface area (Å²) in [5.74, 6) is -0.152. The van der Waals surface area contributed by atoms with Crippen LogP contribution in [-0.2, 0) is 4.79 Å². The molecule has 4 heteroatoms. The van der Waals surface area contributed by atoms with E-state index in [0.29, 0.717) is 13.1 Å². The van der Waals surface area contributed by atoms with E-state index in [4.69, 9.17) is 11.5 Å². The van der Waals surface area contributed by atoms with Gasteiger partial charge in [-0.2, -0.15) is 0 Å². The topological polar surface area (TPSA) is 81.1 Å². The van der Waals surface area contributed by atoms with Crippen LogP contribution < -0.4 is 16.8 Å². The molecule has 5 N–H and O–H groups in total. The summed E-state index contributed by atoms with van der Waals surface area (Å²) in [5.41, 5.74) is 10.3. The molecule has 0 saturated carbocycles. The zero-order chi connectivity index (χ0) is 7.28. The molecule has 1 unspecified atom stereocenters. The highest BCUT2D eigenvalue weighted by Gasteiger charge is 2.03. The van der Waals surface area contributed by atoms with Gasteiger partial charge in [-0.3, -0.25) is 4.79 Å². The second-order valence-corrected chi connectivity index (χ2v) is 1.87. The molecule has 0 aromatic rings. The minimum absolute atomic E-state index is 0.152. The number of carbonyl (C=O) groups excluding carboxylic acids is 1. The average molecular weight is 131 g/mol. The van der Waals surface area contributed by atoms with E-state index < -0.39 is 6.04 Å². The summed E-state index contributed by atoms with van der Waals surface area (Å²) >= 11 is 0. The Hall–Kier alpha value is -0.610. The van der Waals surface area contributed by atoms with Crippen LogP contribution in [0.2, 0.25) is 0 Å². The smallest absolute Gasteiger partial charge is 0.236 e. The molecular weight excluding hydrogens is 118 g/mol. The Bertz CT molecular complexity index is 92.2. The Morgan fingerprint density at radius 2 is 2.33 bits per heavy atom. The third-order valence-corrected chi connectivity index (χ3v) is 0.857. The van der Waals surface area contributed by atoms with Gasteiger partial charge in [0.1, 0.15) is 0 Å². The largest absolute Gasteiger partial charge is 0.353 e. The van der Waals surface area contributed by atoms with Crippen molar-refractivity contribution in [2.45, 2.75) is 13.0 Å². The first kappa shape index (κ1) is 8.39. The van der Waals surface area contributed by atoms with E-state index in [2.05, 4.69) is 5.32 Å². The fraction of sp³-hybridized carbons (Fsp3) is 0.800. The fourth-order valence-corrected chi connectivity index (χ4v) is 0.356. The second-order valence-electron chi connectivity index (χ2n) is 1.87. The molecule has 0 aliphatic heterocycles. The molecule has 54 valence electrons. The lowest BCUT2D eigenvalue weighted by Gasteiger charge is -2.04. The number of rotatable bonds is 3. The van der Waals surface area contributed by atoms with Crippen molar-refractivity contribution < 1.29 is 4.79 Å². The van der Waals surface area contributed by atoms with E-state index in [-0.39, 0.29) is 5.91 Å². The maximum atomic E-state index is 10.6. The van der Waals surface area contributed by atoms with Crippen molar-refractivity contribution in [1.82, 2.24) is 5.32 Å². The second kappa shape index (κ2) is 4.29. The third kappa shape index (κ3) is 3.93. The predicted molar refractivity (Wildman–Crippen MR) is 35.7 cm³/mol. The quantitative estimate of drug-likeness (QED) is 0.432. The molecule has 1 amide bonds. The van der Waals surface area contributed by atoms with Crippen LogP contribution in [0.5, 0.6) is 0 Å². The number of hydrogen-bond acceptors (Lipinski definition) is 3. The maximum absolute atomic E-state index is 10.6. The van der Waals surface area contributed by atoms with E-state index in [1.165, 1.54) is 0 Å². The van der Waals surface area contributed by atoms with Gasteiger partial charge in [-0.15, -0.1) is 0 Å². The van der Waals surface area contributed by atoms with Gasteiger partial charge in [0.2, 0.25) is 5.91 Å². The van der Waals surface area contributed by atoms with Gasteiger partial charge in [-0.25, -0.2) is 0 Å². The van der Waals surface area contributed by atoms with Crippen molar-refractivity contribution in [1.29, 1.82) is 0 Å². The minimum Gasteiger partial charge on any atom is -0.353 e. The lowest BCUT2D eigenvalue weighted by molar-refractivity contribution is -0.121. The van der Waals surface area contributed by atoms with Gasteiger partial charge in [0, 0.05) is 13.1 Å². The van der Waals surface area contributed by atoms with E-state index in [1.807, 2.05) is 0 Å². The molecule has 0 aliphatic carbocycles. The van der Waals surface area contributed by atoms with E-state index in [1.54, 1.807) is 6.92 Å². The number of nitrogens with one attached hydrogen (secondary N) is 1. The van der Waals surface area contributed by atoms with Crippen LogP contribution in [0.25, 0.3) is 0 Å². The summed E-state index contributed by atoms with van der Waals surface area (Å²) in [4.78, 5) is 10.6. The van der Waals surface area contributed by atoms with Gasteiger partial charge >= 0.3 is 0 Å². The van der Waals surface area contributed by atoms with E-state index in [0.717, 1.165) is 0 Å². The van der Waals surface area contributed by atoms with Gasteiger partial charge < -0.3 is 16.8 Å². The molecule has 0 rings (SSSR count). The van der Waals surface area contributed by atoms with Gasteiger partial charge in [-0.05, 0) is 6.92 Å². The average Bonchev–Trinajstić information content (AvgIpc) is 1.82. The Kier molecular flexibility index (Phi) is 4.00. The highest BCUT2D eigenvalue weighted by Crippen LogP contribution is 1.71. The summed E-state index contributed by atoms with van der Waals surface area (Å²) in [5, 5.41) is 2.54. The number of carbonyl (C=O) groups is 1. The Balaban J connectivity index is 3.28. The summed E-state index contributed by atoms with van der Waals surface area (Å²) in [6.45, 7) is 2.59. The van der Waals surface area contributed by atoms with Gasteiger partial charge in [-0.1, -0.05) is 0 Å². The first-order valence-electron chi connectivity index (χ1n) is 2.92. The van der Waals surface area contributed by atoms with Gasteiger partial charge in [0.15, 0.2) is 0 Å². The van der Waals surface area contributed by atoms with Crippen LogP contribution in [0.3, 0.4) is 0 Å². The van der Waals surface area contributed by atoms with Crippen molar-refractivity contribution in [2.75, 3.05) is 13.1 Å². The standard InChI is InChI=1S/C5H13N3O/c1-4(7)5(9)8-3-2-6/h4H,2-3,6-7H2,1H3,(H,8,9). The lowest BCUT2D eigenvalue weighted by Crippen LogP contribution is -2.40. The van der Waals surface area contributed by atoms with Gasteiger partial charge in [0.05, 0.1) is 6.04 Å². The van der Waals surface area contributed by atoms with Crippen molar-refractivity contribution in [3.8, 4) is 0 Å². The van der Waals surface area contributed by atoms with Crippen molar-refractivity contribution in [2.24, 2.45) is 11.5 Å². The molecule has 0 heterocycles. The van der Waals surface area contributed by atoms with E-state index in [9.17, 15) is 4.79 Å². The minimum atomic E-state index is -0.434. The molecule has 0 aromatic carbocycles. The first-order chi connectivity index (χ1) is 4.18. The molecular formula is C5H13N3O. The Morgan fingerprint density at radius 3 is 2.67 bits per heavy atom. The Morgan fingerprint density at radius 1 is 1.78 bits per heavy atom. The summed E-state index contributed by atoms with van der Waals surface area (Å²) in [6, 6.07) is -0.434. The maximum Gasteiger partial charge on any atom is 0.236 e. The van der Waals surface area contributed by atoms with E-state index >= 15 is 0 Å². The molecule has 0 fully saturated rings. The highest BCUT2D eigenvalue weighted by molar-refractivity contribution is 5.80. The van der Waals surface area contributed by atoms with Crippen LogP contribution in [0, 0.1) is 0 Å². The normalized spacial score (nSPS) is 12.8. The molecule has 0 radical (unpaired) electrons. The van der Waals surface area contributed by atoms with Crippen molar-refractivity contribution in [3.63, 3.8) is 0 Å². The summed E-state index contributed by atoms with van der Waals surface area (Å²) in [6.07, 6.45) is 0. The molecule has 4 nitrogen and oxygen atoms in total. The van der Waals surface area contributed by atoms with Crippen LogP contribution >= 0.6 is 0 Å². The van der Waals surface area contributed by atoms with Crippen molar-refractivity contribution in [3.05, 3.63) is 0 Å². The van der Waals surface area contributed by atoms with Crippen LogP contribution in [0.1, 0.15) is 6.92 Å². The zero-order valence-corrected chi connectivity index (χ0v) is 5.55. The molecule has 0 bridgehead atoms. The monoisotopic (exact) mass is 131 g/mol. The third-order valence-electron chi connectivity index (χ3n) is 0.857. The number of hydrogen-bond donors (Lipinski definition) is 3. The molecule has 9 heavy (non-hydrogen) atoms. The molecule has 1 atom stereocenters. The molecule has 0 spiro atoms. The number of amides is 1. The van der Waals surface area contributed by atoms with Crippen LogP contribution in [-0.4, -0.2) is 25.0 Å². The summed E-state index contributed by atoms with van der Waals surface area (Å²) in [7, 11) is 0. The first-order valence-corrected chi connectivity index (χ1v) is 2.92. The van der Waals surface area contributed by atoms with Crippen molar-refractivity contribution >= 4 is 5.91 Å². The zero-order valence-electron chi connectivity index (χ0n) is 5.55. The molecule has 0 saturated heterocycles. The summed E-state index contributed by atoms with van der Waals surface area (Å²) < 4.78 is 0. The SMILES string of the molecule is CC(N)C(=O)NCCN. The lowest BCUT2D eigenvalue weighted by atomic mass is 10.3. The fourth-order valence-electron chi connectivity index (χ4n) is 0.356. The highest BCUT2D eigenvalue weighted by atomic mass is 16.2. The van der Waals surface area contributed by atoms with Gasteiger partial charge in [0.25, 0.3) is 0 Å². The molecule has 0 aromatic heterocycles.